The van der Waals surface area contributed by atoms with Crippen LogP contribution in [0.4, 0.5) is 5.69 Å². The number of carbonyl (C=O) groups excluding carboxylic acids is 1. The largest absolute Gasteiger partial charge is 0.325 e. The van der Waals surface area contributed by atoms with E-state index in [9.17, 15) is 4.79 Å². The first-order chi connectivity index (χ1) is 10.2. The summed E-state index contributed by atoms with van der Waals surface area (Å²) in [5, 5.41) is 6.65. The summed E-state index contributed by atoms with van der Waals surface area (Å²) in [4.78, 5) is 12.9. The van der Waals surface area contributed by atoms with Crippen LogP contribution in [0.25, 0.3) is 0 Å². The summed E-state index contributed by atoms with van der Waals surface area (Å²) in [6.45, 7) is 8.23. The molecule has 0 saturated carbocycles. The molecule has 1 aromatic rings. The maximum absolute atomic E-state index is 12.9. The second-order valence-corrected chi connectivity index (χ2v) is 6.03. The molecule has 0 aromatic heterocycles. The van der Waals surface area contributed by atoms with Crippen LogP contribution in [0.5, 0.6) is 0 Å². The van der Waals surface area contributed by atoms with Crippen molar-refractivity contribution in [1.82, 2.24) is 5.32 Å². The maximum atomic E-state index is 12.9. The van der Waals surface area contributed by atoms with Gasteiger partial charge in [0, 0.05) is 12.2 Å². The summed E-state index contributed by atoms with van der Waals surface area (Å²) in [5.74, 6) is 0.188. The van der Waals surface area contributed by atoms with E-state index >= 15 is 0 Å². The molecule has 116 valence electrons. The van der Waals surface area contributed by atoms with Crippen LogP contribution in [-0.2, 0) is 17.6 Å². The van der Waals surface area contributed by atoms with Crippen molar-refractivity contribution in [3.8, 4) is 0 Å². The van der Waals surface area contributed by atoms with Crippen molar-refractivity contribution < 1.29 is 4.79 Å². The summed E-state index contributed by atoms with van der Waals surface area (Å²) < 4.78 is 0. The van der Waals surface area contributed by atoms with E-state index in [1.165, 1.54) is 11.1 Å². The number of hydrogen-bond acceptors (Lipinski definition) is 2. The Labute approximate surface area is 128 Å². The number of anilines is 1. The predicted octanol–water partition coefficient (Wildman–Crippen LogP) is 3.53. The highest BCUT2D eigenvalue weighted by molar-refractivity contribution is 5.97. The molecule has 0 radical (unpaired) electrons. The summed E-state index contributed by atoms with van der Waals surface area (Å²) in [5.41, 5.74) is 3.27. The molecule has 2 rings (SSSR count). The zero-order valence-corrected chi connectivity index (χ0v) is 13.6. The fraction of sp³-hybridized carbons (Fsp3) is 0.611. The van der Waals surface area contributed by atoms with Crippen LogP contribution < -0.4 is 10.6 Å². The number of benzene rings is 1. The fourth-order valence-corrected chi connectivity index (χ4v) is 3.27. The van der Waals surface area contributed by atoms with Crippen molar-refractivity contribution >= 4 is 11.6 Å². The standard InChI is InChI=1S/C18H28N2O/c1-4-14-9-7-10-15(5-2)16(14)20-17(21)18(6-3)11-8-12-19-13-18/h7,9-10,19H,4-6,8,11-13H2,1-3H3,(H,20,21). The van der Waals surface area contributed by atoms with Crippen LogP contribution in [0.3, 0.4) is 0 Å². The van der Waals surface area contributed by atoms with Gasteiger partial charge in [-0.05, 0) is 49.8 Å². The Kier molecular flexibility index (Phi) is 5.40. The molecule has 21 heavy (non-hydrogen) atoms. The molecule has 1 atom stereocenters. The molecule has 1 heterocycles. The molecule has 1 aliphatic rings. The van der Waals surface area contributed by atoms with Gasteiger partial charge in [0.2, 0.25) is 5.91 Å². The fourth-order valence-electron chi connectivity index (χ4n) is 3.27. The lowest BCUT2D eigenvalue weighted by molar-refractivity contribution is -0.126. The Balaban J connectivity index is 2.26. The summed E-state index contributed by atoms with van der Waals surface area (Å²) in [6, 6.07) is 6.32. The number of nitrogens with one attached hydrogen (secondary N) is 2. The van der Waals surface area contributed by atoms with Crippen LogP contribution in [0, 0.1) is 5.41 Å². The lowest BCUT2D eigenvalue weighted by atomic mass is 9.77. The van der Waals surface area contributed by atoms with Gasteiger partial charge in [0.05, 0.1) is 5.41 Å². The smallest absolute Gasteiger partial charge is 0.231 e. The van der Waals surface area contributed by atoms with Crippen molar-refractivity contribution in [3.63, 3.8) is 0 Å². The van der Waals surface area contributed by atoms with Gasteiger partial charge in [0.25, 0.3) is 0 Å². The number of carbonyl (C=O) groups is 1. The first-order valence-corrected chi connectivity index (χ1v) is 8.29. The first-order valence-electron chi connectivity index (χ1n) is 8.29. The lowest BCUT2D eigenvalue weighted by Gasteiger charge is -2.35. The number of rotatable bonds is 5. The maximum Gasteiger partial charge on any atom is 0.231 e. The van der Waals surface area contributed by atoms with E-state index in [2.05, 4.69) is 49.6 Å². The summed E-state index contributed by atoms with van der Waals surface area (Å²) in [7, 11) is 0. The van der Waals surface area contributed by atoms with Crippen molar-refractivity contribution in [2.24, 2.45) is 5.41 Å². The average molecular weight is 288 g/mol. The Hall–Kier alpha value is -1.35. The highest BCUT2D eigenvalue weighted by atomic mass is 16.2. The van der Waals surface area contributed by atoms with Crippen molar-refractivity contribution in [3.05, 3.63) is 29.3 Å². The van der Waals surface area contributed by atoms with E-state index in [0.29, 0.717) is 0 Å². The Morgan fingerprint density at radius 2 is 1.90 bits per heavy atom. The zero-order valence-electron chi connectivity index (χ0n) is 13.6. The molecular weight excluding hydrogens is 260 g/mol. The van der Waals surface area contributed by atoms with Gasteiger partial charge in [0.15, 0.2) is 0 Å². The third kappa shape index (κ3) is 3.29. The van der Waals surface area contributed by atoms with Crippen molar-refractivity contribution in [2.45, 2.75) is 52.9 Å². The van der Waals surface area contributed by atoms with Crippen LogP contribution >= 0.6 is 0 Å². The van der Waals surface area contributed by atoms with E-state index in [1.54, 1.807) is 0 Å². The summed E-state index contributed by atoms with van der Waals surface area (Å²) >= 11 is 0. The number of para-hydroxylation sites is 1. The predicted molar refractivity (Wildman–Crippen MR) is 88.7 cm³/mol. The van der Waals surface area contributed by atoms with Gasteiger partial charge in [0.1, 0.15) is 0 Å². The molecule has 0 spiro atoms. The number of aryl methyl sites for hydroxylation is 2. The minimum atomic E-state index is -0.246. The monoisotopic (exact) mass is 288 g/mol. The van der Waals surface area contributed by atoms with Crippen LogP contribution in [0.2, 0.25) is 0 Å². The molecule has 2 N–H and O–H groups in total. The molecule has 1 amide bonds. The van der Waals surface area contributed by atoms with Crippen LogP contribution in [-0.4, -0.2) is 19.0 Å². The molecule has 1 unspecified atom stereocenters. The molecule has 0 aliphatic carbocycles. The van der Waals surface area contributed by atoms with Crippen molar-refractivity contribution in [1.29, 1.82) is 0 Å². The third-order valence-corrected chi connectivity index (χ3v) is 4.87. The zero-order chi connectivity index (χ0) is 15.3. The van der Waals surface area contributed by atoms with Gasteiger partial charge in [-0.1, -0.05) is 39.0 Å². The summed E-state index contributed by atoms with van der Waals surface area (Å²) in [6.07, 6.45) is 4.85. The van der Waals surface area contributed by atoms with E-state index in [-0.39, 0.29) is 11.3 Å². The molecule has 1 aromatic carbocycles. The Bertz CT molecular complexity index is 468. The number of amides is 1. The van der Waals surface area contributed by atoms with E-state index in [1.807, 2.05) is 0 Å². The highest BCUT2D eigenvalue weighted by Crippen LogP contribution is 2.33. The van der Waals surface area contributed by atoms with Crippen LogP contribution in [0.1, 0.15) is 51.2 Å². The second-order valence-electron chi connectivity index (χ2n) is 6.03. The van der Waals surface area contributed by atoms with E-state index in [4.69, 9.17) is 0 Å². The molecule has 3 nitrogen and oxygen atoms in total. The quantitative estimate of drug-likeness (QED) is 0.870. The molecule has 3 heteroatoms. The molecule has 0 bridgehead atoms. The minimum Gasteiger partial charge on any atom is -0.325 e. The molecule has 1 aliphatic heterocycles. The highest BCUT2D eigenvalue weighted by Gasteiger charge is 2.38. The number of hydrogen-bond donors (Lipinski definition) is 2. The minimum absolute atomic E-state index is 0.188. The van der Waals surface area contributed by atoms with Gasteiger partial charge < -0.3 is 10.6 Å². The van der Waals surface area contributed by atoms with Gasteiger partial charge in [-0.25, -0.2) is 0 Å². The van der Waals surface area contributed by atoms with E-state index in [0.717, 1.165) is 50.9 Å². The average Bonchev–Trinajstić information content (AvgIpc) is 2.55. The lowest BCUT2D eigenvalue weighted by Crippen LogP contribution is -2.47. The SMILES string of the molecule is CCc1cccc(CC)c1NC(=O)C1(CC)CCCNC1. The Morgan fingerprint density at radius 3 is 2.38 bits per heavy atom. The molecule has 1 saturated heterocycles. The van der Waals surface area contributed by atoms with Crippen molar-refractivity contribution in [2.75, 3.05) is 18.4 Å². The van der Waals surface area contributed by atoms with Gasteiger partial charge in [-0.15, -0.1) is 0 Å². The van der Waals surface area contributed by atoms with Gasteiger partial charge >= 0.3 is 0 Å². The third-order valence-electron chi connectivity index (χ3n) is 4.87. The van der Waals surface area contributed by atoms with E-state index < -0.39 is 0 Å². The van der Waals surface area contributed by atoms with Crippen LogP contribution in [0.15, 0.2) is 18.2 Å². The topological polar surface area (TPSA) is 41.1 Å². The first kappa shape index (κ1) is 16.0. The molecular formula is C18H28N2O. The normalized spacial score (nSPS) is 22.0. The molecule has 1 fully saturated rings. The second kappa shape index (κ2) is 7.08. The Morgan fingerprint density at radius 1 is 1.24 bits per heavy atom. The van der Waals surface area contributed by atoms with Gasteiger partial charge in [-0.2, -0.15) is 0 Å². The van der Waals surface area contributed by atoms with Gasteiger partial charge in [-0.3, -0.25) is 4.79 Å². The number of piperidine rings is 1.